The van der Waals surface area contributed by atoms with Crippen LogP contribution in [0.3, 0.4) is 0 Å². The summed E-state index contributed by atoms with van der Waals surface area (Å²) in [6.07, 6.45) is 3.24. The standard InChI is InChI=1S/C34H30N2O4/c37-33(31-23-9-1-5-13-27(23)39-28-14-6-2-10-24(28)31)35-21-17-19-22(20-18-21)36-34(38)32-25-11-3-7-15-29(25)40-30-16-8-4-12-26(30)32/h1-16,21-22,31-32H,17-20H2,(H,35,37)(H,36,38). The summed E-state index contributed by atoms with van der Waals surface area (Å²) < 4.78 is 12.1. The number of carbonyl (C=O) groups is 2. The van der Waals surface area contributed by atoms with E-state index in [1.165, 1.54) is 0 Å². The van der Waals surface area contributed by atoms with Gasteiger partial charge in [0.2, 0.25) is 11.8 Å². The van der Waals surface area contributed by atoms with Crippen molar-refractivity contribution in [2.24, 2.45) is 0 Å². The molecule has 0 unspecified atom stereocenters. The molecule has 3 aliphatic rings. The molecule has 4 aromatic rings. The second-order valence-electron chi connectivity index (χ2n) is 10.8. The van der Waals surface area contributed by atoms with Crippen LogP contribution in [0.1, 0.15) is 59.8 Å². The van der Waals surface area contributed by atoms with Crippen molar-refractivity contribution in [3.63, 3.8) is 0 Å². The van der Waals surface area contributed by atoms with Crippen molar-refractivity contribution in [2.45, 2.75) is 49.6 Å². The molecule has 0 spiro atoms. The summed E-state index contributed by atoms with van der Waals surface area (Å²) in [5.74, 6) is 2.07. The van der Waals surface area contributed by atoms with Gasteiger partial charge < -0.3 is 20.1 Å². The molecule has 2 amide bonds. The van der Waals surface area contributed by atoms with Crippen molar-refractivity contribution >= 4 is 11.8 Å². The van der Waals surface area contributed by atoms with Crippen LogP contribution >= 0.6 is 0 Å². The monoisotopic (exact) mass is 530 g/mol. The third-order valence-electron chi connectivity index (χ3n) is 8.30. The first-order valence-electron chi connectivity index (χ1n) is 14.0. The molecule has 2 N–H and O–H groups in total. The minimum atomic E-state index is -0.410. The van der Waals surface area contributed by atoms with E-state index in [1.807, 2.05) is 97.1 Å². The largest absolute Gasteiger partial charge is 0.457 e. The number of amides is 2. The Bertz CT molecular complexity index is 1380. The first-order valence-corrected chi connectivity index (χ1v) is 14.0. The van der Waals surface area contributed by atoms with Crippen molar-refractivity contribution in [1.82, 2.24) is 10.6 Å². The zero-order valence-corrected chi connectivity index (χ0v) is 22.0. The molecular formula is C34H30N2O4. The van der Waals surface area contributed by atoms with Gasteiger partial charge in [0.1, 0.15) is 23.0 Å². The van der Waals surface area contributed by atoms with E-state index in [-0.39, 0.29) is 23.9 Å². The predicted molar refractivity (Wildman–Crippen MR) is 152 cm³/mol. The van der Waals surface area contributed by atoms with E-state index in [0.717, 1.165) is 70.9 Å². The molecule has 0 aromatic heterocycles. The van der Waals surface area contributed by atoms with Gasteiger partial charge >= 0.3 is 0 Å². The number of nitrogens with one attached hydrogen (secondary N) is 2. The van der Waals surface area contributed by atoms with Crippen LogP contribution in [0.5, 0.6) is 23.0 Å². The fraction of sp³-hybridized carbons (Fsp3) is 0.235. The molecule has 6 heteroatoms. The highest BCUT2D eigenvalue weighted by molar-refractivity contribution is 5.90. The van der Waals surface area contributed by atoms with E-state index in [4.69, 9.17) is 9.47 Å². The summed E-state index contributed by atoms with van der Waals surface area (Å²) in [6, 6.07) is 31.1. The third kappa shape index (κ3) is 4.39. The molecule has 200 valence electrons. The maximum Gasteiger partial charge on any atom is 0.232 e. The van der Waals surface area contributed by atoms with Gasteiger partial charge in [-0.3, -0.25) is 9.59 Å². The smallest absolute Gasteiger partial charge is 0.232 e. The third-order valence-corrected chi connectivity index (χ3v) is 8.30. The average molecular weight is 531 g/mol. The highest BCUT2D eigenvalue weighted by Gasteiger charge is 2.36. The summed E-state index contributed by atoms with van der Waals surface area (Å²) in [7, 11) is 0. The Morgan fingerprint density at radius 2 is 0.750 bits per heavy atom. The zero-order chi connectivity index (χ0) is 27.1. The number of ether oxygens (including phenoxy) is 2. The van der Waals surface area contributed by atoms with Crippen LogP contribution < -0.4 is 20.1 Å². The van der Waals surface area contributed by atoms with E-state index in [9.17, 15) is 9.59 Å². The first kappa shape index (κ1) is 24.5. The maximum absolute atomic E-state index is 13.6. The summed E-state index contributed by atoms with van der Waals surface area (Å²) in [4.78, 5) is 27.3. The van der Waals surface area contributed by atoms with E-state index in [0.29, 0.717) is 0 Å². The lowest BCUT2D eigenvalue weighted by atomic mass is 9.85. The Balaban J connectivity index is 1.02. The first-order chi connectivity index (χ1) is 19.7. The SMILES string of the molecule is O=C(NC1CCC(NC(=O)C2c3ccccc3Oc3ccccc32)CC1)C1c2ccccc2Oc2ccccc21. The molecule has 0 bridgehead atoms. The second kappa shape index (κ2) is 10.2. The van der Waals surface area contributed by atoms with Crippen LogP contribution in [0.2, 0.25) is 0 Å². The van der Waals surface area contributed by atoms with E-state index >= 15 is 0 Å². The molecule has 6 nitrogen and oxygen atoms in total. The number of rotatable bonds is 4. The molecule has 1 aliphatic carbocycles. The van der Waals surface area contributed by atoms with E-state index < -0.39 is 11.8 Å². The molecule has 2 aliphatic heterocycles. The molecule has 4 aromatic carbocycles. The van der Waals surface area contributed by atoms with Gasteiger partial charge in [-0.15, -0.1) is 0 Å². The fourth-order valence-electron chi connectivity index (χ4n) is 6.34. The van der Waals surface area contributed by atoms with Crippen LogP contribution in [0.15, 0.2) is 97.1 Å². The molecule has 1 saturated carbocycles. The Kier molecular flexibility index (Phi) is 6.23. The summed E-state index contributed by atoms with van der Waals surface area (Å²) in [6.45, 7) is 0. The van der Waals surface area contributed by atoms with Gasteiger partial charge in [0.15, 0.2) is 0 Å². The molecule has 0 radical (unpaired) electrons. The number of fused-ring (bicyclic) bond motifs is 4. The quantitative estimate of drug-likeness (QED) is 0.320. The topological polar surface area (TPSA) is 76.7 Å². The van der Waals surface area contributed by atoms with E-state index in [2.05, 4.69) is 10.6 Å². The number of hydrogen-bond donors (Lipinski definition) is 2. The van der Waals surface area contributed by atoms with Crippen LogP contribution in [0.25, 0.3) is 0 Å². The minimum absolute atomic E-state index is 0.00824. The lowest BCUT2D eigenvalue weighted by Gasteiger charge is -2.34. The number of para-hydroxylation sites is 4. The van der Waals surface area contributed by atoms with Crippen molar-refractivity contribution in [3.8, 4) is 23.0 Å². The van der Waals surface area contributed by atoms with Crippen molar-refractivity contribution in [1.29, 1.82) is 0 Å². The van der Waals surface area contributed by atoms with Gasteiger partial charge in [-0.2, -0.15) is 0 Å². The van der Waals surface area contributed by atoms with Gasteiger partial charge in [0.05, 0.1) is 11.8 Å². The van der Waals surface area contributed by atoms with Crippen LogP contribution in [0, 0.1) is 0 Å². The molecule has 40 heavy (non-hydrogen) atoms. The molecule has 7 rings (SSSR count). The number of carbonyl (C=O) groups excluding carboxylic acids is 2. The molecule has 1 fully saturated rings. The Hall–Kier alpha value is -4.58. The number of hydrogen-bond acceptors (Lipinski definition) is 4. The van der Waals surface area contributed by atoms with Crippen molar-refractivity contribution in [3.05, 3.63) is 119 Å². The van der Waals surface area contributed by atoms with Gasteiger partial charge in [-0.25, -0.2) is 0 Å². The molecule has 0 atom stereocenters. The molecular weight excluding hydrogens is 500 g/mol. The minimum Gasteiger partial charge on any atom is -0.457 e. The van der Waals surface area contributed by atoms with Crippen molar-refractivity contribution in [2.75, 3.05) is 0 Å². The van der Waals surface area contributed by atoms with Crippen LogP contribution in [0.4, 0.5) is 0 Å². The lowest BCUT2D eigenvalue weighted by Crippen LogP contribution is -2.46. The normalized spacial score (nSPS) is 19.5. The van der Waals surface area contributed by atoms with E-state index in [1.54, 1.807) is 0 Å². The lowest BCUT2D eigenvalue weighted by molar-refractivity contribution is -0.124. The second-order valence-corrected chi connectivity index (χ2v) is 10.8. The highest BCUT2D eigenvalue weighted by atomic mass is 16.5. The van der Waals surface area contributed by atoms with Gasteiger partial charge in [-0.05, 0) is 49.9 Å². The summed E-state index contributed by atoms with van der Waals surface area (Å²) >= 11 is 0. The number of benzene rings is 4. The van der Waals surface area contributed by atoms with Gasteiger partial charge in [0, 0.05) is 34.3 Å². The molecule has 2 heterocycles. The zero-order valence-electron chi connectivity index (χ0n) is 22.0. The van der Waals surface area contributed by atoms with Crippen molar-refractivity contribution < 1.29 is 19.1 Å². The summed E-state index contributed by atoms with van der Waals surface area (Å²) in [5, 5.41) is 6.62. The maximum atomic E-state index is 13.6. The van der Waals surface area contributed by atoms with Gasteiger partial charge in [-0.1, -0.05) is 72.8 Å². The average Bonchev–Trinajstić information content (AvgIpc) is 2.99. The van der Waals surface area contributed by atoms with Gasteiger partial charge in [0.25, 0.3) is 0 Å². The fourth-order valence-corrected chi connectivity index (χ4v) is 6.34. The van der Waals surface area contributed by atoms with Crippen LogP contribution in [-0.4, -0.2) is 23.9 Å². The molecule has 0 saturated heterocycles. The Labute approximate surface area is 233 Å². The highest BCUT2D eigenvalue weighted by Crippen LogP contribution is 2.45. The summed E-state index contributed by atoms with van der Waals surface area (Å²) in [5.41, 5.74) is 3.54. The Morgan fingerprint density at radius 3 is 1.05 bits per heavy atom. The predicted octanol–water partition coefficient (Wildman–Crippen LogP) is 6.41. The van der Waals surface area contributed by atoms with Crippen LogP contribution in [-0.2, 0) is 9.59 Å². The Morgan fingerprint density at radius 1 is 0.475 bits per heavy atom.